The minimum absolute atomic E-state index is 0.0216. The second-order valence-electron chi connectivity index (χ2n) is 25.4. The number of anilines is 6. The monoisotopic (exact) mass is 990 g/mol. The van der Waals surface area contributed by atoms with Crippen LogP contribution in [0.1, 0.15) is 112 Å². The van der Waals surface area contributed by atoms with Gasteiger partial charge < -0.3 is 14.4 Å². The van der Waals surface area contributed by atoms with Gasteiger partial charge in [0.25, 0.3) is 6.71 Å². The minimum Gasteiger partial charge on any atom is -0.311 e. The number of hydrogen-bond donors (Lipinski definition) is 0. The summed E-state index contributed by atoms with van der Waals surface area (Å²) in [6.45, 7) is 34.7. The Bertz CT molecular complexity index is 3970. The quantitative estimate of drug-likeness (QED) is 0.159. The normalized spacial score (nSPS) is 13.4. The third kappa shape index (κ3) is 7.85. The average molecular weight is 990 g/mol. The van der Waals surface area contributed by atoms with Gasteiger partial charge in [-0.2, -0.15) is 0 Å². The lowest BCUT2D eigenvalue weighted by atomic mass is 9.33. The highest BCUT2D eigenvalue weighted by Crippen LogP contribution is 2.50. The van der Waals surface area contributed by atoms with E-state index in [9.17, 15) is 0 Å². The molecule has 2 aliphatic rings. The van der Waals surface area contributed by atoms with E-state index in [2.05, 4.69) is 282 Å². The van der Waals surface area contributed by atoms with Crippen LogP contribution in [0.3, 0.4) is 0 Å². The van der Waals surface area contributed by atoms with Crippen molar-refractivity contribution in [3.8, 4) is 27.9 Å². The van der Waals surface area contributed by atoms with Crippen LogP contribution < -0.4 is 26.2 Å². The van der Waals surface area contributed by atoms with Gasteiger partial charge >= 0.3 is 0 Å². The van der Waals surface area contributed by atoms with Crippen molar-refractivity contribution in [2.45, 2.75) is 120 Å². The number of benzene rings is 9. The van der Waals surface area contributed by atoms with Crippen molar-refractivity contribution in [3.63, 3.8) is 0 Å². The molecule has 0 atom stereocenters. The third-order valence-electron chi connectivity index (χ3n) is 17.0. The molecule has 0 amide bonds. The van der Waals surface area contributed by atoms with E-state index in [4.69, 9.17) is 0 Å². The summed E-state index contributed by atoms with van der Waals surface area (Å²) in [4.78, 5) is 5.28. The molecule has 378 valence electrons. The second-order valence-corrected chi connectivity index (χ2v) is 25.4. The highest BCUT2D eigenvalue weighted by Gasteiger charge is 2.45. The summed E-state index contributed by atoms with van der Waals surface area (Å²) in [7, 11) is 0. The Morgan fingerprint density at radius 1 is 0.342 bits per heavy atom. The summed E-state index contributed by atoms with van der Waals surface area (Å²) in [6.07, 6.45) is 0. The fraction of sp³-hybridized carbons (Fsp3) is 0.250. The molecule has 12 rings (SSSR count). The van der Waals surface area contributed by atoms with Gasteiger partial charge in [-0.05, 0) is 201 Å². The molecule has 9 aromatic carbocycles. The Labute approximate surface area is 453 Å². The molecular weight excluding hydrogens is 918 g/mol. The molecule has 4 heteroatoms. The van der Waals surface area contributed by atoms with Crippen LogP contribution in [0.2, 0.25) is 0 Å². The number of aryl methyl sites for hydroxylation is 6. The predicted octanol–water partition coefficient (Wildman–Crippen LogP) is 17.9. The van der Waals surface area contributed by atoms with Crippen LogP contribution in [-0.2, 0) is 16.2 Å². The van der Waals surface area contributed by atoms with Crippen LogP contribution in [0.4, 0.5) is 34.1 Å². The van der Waals surface area contributed by atoms with Gasteiger partial charge in [0.05, 0.1) is 22.4 Å². The van der Waals surface area contributed by atoms with Crippen LogP contribution >= 0.6 is 0 Å². The lowest BCUT2D eigenvalue weighted by Gasteiger charge is -2.46. The summed E-state index contributed by atoms with van der Waals surface area (Å²) < 4.78 is 2.58. The van der Waals surface area contributed by atoms with Crippen LogP contribution in [0.5, 0.6) is 0 Å². The summed E-state index contributed by atoms with van der Waals surface area (Å²) in [5.41, 5.74) is 31.4. The summed E-state index contributed by atoms with van der Waals surface area (Å²) in [6, 6.07) is 63.5. The first-order valence-electron chi connectivity index (χ1n) is 27.5. The van der Waals surface area contributed by atoms with Gasteiger partial charge in [0.1, 0.15) is 0 Å². The highest BCUT2D eigenvalue weighted by atomic mass is 15.2. The van der Waals surface area contributed by atoms with Crippen LogP contribution in [0.25, 0.3) is 49.7 Å². The Hall–Kier alpha value is -7.56. The number of hydrogen-bond acceptors (Lipinski definition) is 2. The molecule has 10 aromatic rings. The van der Waals surface area contributed by atoms with Gasteiger partial charge in [-0.25, -0.2) is 0 Å². The molecule has 0 unspecified atom stereocenters. The van der Waals surface area contributed by atoms with Crippen molar-refractivity contribution in [2.75, 3.05) is 9.80 Å². The van der Waals surface area contributed by atoms with E-state index < -0.39 is 0 Å². The SMILES string of the molecule is Cc1ccccc1-c1cc(-c2ccc(N3c4cc(C(C)(C)C)ccc4B4c5cc6c7cc(C(C)(C)C)ccc7n(-c7c(C)cccc7C)c6cc5N(c5c(C)cccc5C)c5cc(C(C)(C)C)cc3c54)cc2)ccc1C. The van der Waals surface area contributed by atoms with Crippen molar-refractivity contribution in [3.05, 3.63) is 214 Å². The van der Waals surface area contributed by atoms with Gasteiger partial charge in [-0.1, -0.05) is 172 Å². The Kier molecular flexibility index (Phi) is 11.4. The fourth-order valence-corrected chi connectivity index (χ4v) is 12.7. The van der Waals surface area contributed by atoms with Gasteiger partial charge in [-0.15, -0.1) is 0 Å². The average Bonchev–Trinajstić information content (AvgIpc) is 3.72. The van der Waals surface area contributed by atoms with Crippen molar-refractivity contribution in [1.82, 2.24) is 4.57 Å². The Morgan fingerprint density at radius 2 is 0.855 bits per heavy atom. The van der Waals surface area contributed by atoms with Crippen molar-refractivity contribution in [1.29, 1.82) is 0 Å². The molecular formula is C72H72BN3. The van der Waals surface area contributed by atoms with E-state index in [1.165, 1.54) is 145 Å². The van der Waals surface area contributed by atoms with Gasteiger partial charge in [0.15, 0.2) is 0 Å². The van der Waals surface area contributed by atoms with Crippen molar-refractivity contribution >= 4 is 79.0 Å². The van der Waals surface area contributed by atoms with Crippen LogP contribution in [0, 0.1) is 41.5 Å². The second kappa shape index (κ2) is 17.5. The molecule has 2 aliphatic heterocycles. The molecule has 0 aliphatic carbocycles. The van der Waals surface area contributed by atoms with E-state index in [0.717, 1.165) is 5.69 Å². The highest BCUT2D eigenvalue weighted by molar-refractivity contribution is 7.00. The van der Waals surface area contributed by atoms with Crippen LogP contribution in [0.15, 0.2) is 164 Å². The van der Waals surface area contributed by atoms with Crippen molar-refractivity contribution in [2.24, 2.45) is 0 Å². The molecule has 76 heavy (non-hydrogen) atoms. The zero-order chi connectivity index (χ0) is 53.5. The zero-order valence-corrected chi connectivity index (χ0v) is 47.5. The number of aromatic nitrogens is 1. The number of fused-ring (bicyclic) bond motifs is 7. The minimum atomic E-state index is -0.152. The van der Waals surface area contributed by atoms with E-state index in [0.29, 0.717) is 0 Å². The van der Waals surface area contributed by atoms with E-state index in [1.54, 1.807) is 0 Å². The predicted molar refractivity (Wildman–Crippen MR) is 330 cm³/mol. The molecule has 0 bridgehead atoms. The molecule has 0 fully saturated rings. The number of para-hydroxylation sites is 2. The largest absolute Gasteiger partial charge is 0.311 e. The smallest absolute Gasteiger partial charge is 0.252 e. The molecule has 0 radical (unpaired) electrons. The summed E-state index contributed by atoms with van der Waals surface area (Å²) in [5, 5.41) is 2.58. The molecule has 0 saturated heterocycles. The first-order valence-corrected chi connectivity index (χ1v) is 27.5. The summed E-state index contributed by atoms with van der Waals surface area (Å²) in [5.74, 6) is 0. The molecule has 3 heterocycles. The maximum Gasteiger partial charge on any atom is 0.252 e. The topological polar surface area (TPSA) is 11.4 Å². The van der Waals surface area contributed by atoms with Crippen LogP contribution in [-0.4, -0.2) is 11.3 Å². The van der Waals surface area contributed by atoms with E-state index >= 15 is 0 Å². The van der Waals surface area contributed by atoms with Gasteiger partial charge in [0, 0.05) is 39.2 Å². The molecule has 0 spiro atoms. The Morgan fingerprint density at radius 3 is 1.49 bits per heavy atom. The maximum atomic E-state index is 2.66. The first kappa shape index (κ1) is 49.3. The van der Waals surface area contributed by atoms with Gasteiger partial charge in [0.2, 0.25) is 0 Å². The molecule has 3 nitrogen and oxygen atoms in total. The standard InChI is InChI=1S/C72H72BN3/c1-43-20-16-17-25-55(43)56-36-50(27-26-44(56)2)49-28-32-54(33-29-49)74-63-38-52(71(10,11)12)30-34-59(63)73-60-41-58-57-37-51(70(7,8)9)31-35-61(57)75(68-45(3)21-18-22-46(68)4)62(58)42-64(60)76(69-47(5)23-19-24-48(69)6)66-40-53(72(13,14)15)39-65(74)67(66)73/h16-42H,1-15H3. The maximum absolute atomic E-state index is 2.66. The molecule has 0 N–H and O–H groups in total. The van der Waals surface area contributed by atoms with Gasteiger partial charge in [-0.3, -0.25) is 0 Å². The number of rotatable bonds is 5. The number of nitrogens with zero attached hydrogens (tertiary/aromatic N) is 3. The van der Waals surface area contributed by atoms with E-state index in [1.807, 2.05) is 0 Å². The Balaban J connectivity index is 1.17. The first-order chi connectivity index (χ1) is 36.1. The lowest BCUT2D eigenvalue weighted by Crippen LogP contribution is -2.61. The molecule has 0 saturated carbocycles. The lowest BCUT2D eigenvalue weighted by molar-refractivity contribution is 0.590. The molecule has 1 aromatic heterocycles. The third-order valence-corrected chi connectivity index (χ3v) is 17.0. The summed E-state index contributed by atoms with van der Waals surface area (Å²) >= 11 is 0. The van der Waals surface area contributed by atoms with Crippen molar-refractivity contribution < 1.29 is 0 Å². The zero-order valence-electron chi connectivity index (χ0n) is 47.5. The van der Waals surface area contributed by atoms with E-state index in [-0.39, 0.29) is 23.0 Å². The fourth-order valence-electron chi connectivity index (χ4n) is 12.7.